The Bertz CT molecular complexity index is 477. The summed E-state index contributed by atoms with van der Waals surface area (Å²) in [5, 5.41) is 11.6. The minimum atomic E-state index is -1.13. The number of hydrogen-bond acceptors (Lipinski definition) is 3. The lowest BCUT2D eigenvalue weighted by molar-refractivity contribution is -0.139. The average molecular weight is 265 g/mol. The topological polar surface area (TPSA) is 75.6 Å². The zero-order valence-electron chi connectivity index (χ0n) is 11.6. The summed E-state index contributed by atoms with van der Waals surface area (Å²) in [5.74, 6) is -1.13. The number of ether oxygens (including phenoxy) is 1. The van der Waals surface area contributed by atoms with E-state index in [1.54, 1.807) is 39.0 Å². The maximum Gasteiger partial charge on any atom is 0.408 e. The Labute approximate surface area is 112 Å². The molecule has 0 radical (unpaired) electrons. The lowest BCUT2D eigenvalue weighted by Gasteiger charge is -2.22. The van der Waals surface area contributed by atoms with Crippen molar-refractivity contribution in [2.24, 2.45) is 0 Å². The highest BCUT2D eigenvalue weighted by Gasteiger charge is 2.25. The molecule has 19 heavy (non-hydrogen) atoms. The molecule has 0 heterocycles. The Balaban J connectivity index is 2.85. The van der Waals surface area contributed by atoms with Crippen LogP contribution in [0.15, 0.2) is 24.3 Å². The van der Waals surface area contributed by atoms with Crippen LogP contribution in [0.4, 0.5) is 4.79 Å². The Morgan fingerprint density at radius 2 is 1.95 bits per heavy atom. The van der Waals surface area contributed by atoms with E-state index in [0.717, 1.165) is 5.56 Å². The van der Waals surface area contributed by atoms with Gasteiger partial charge in [0.05, 0.1) is 0 Å². The summed E-state index contributed by atoms with van der Waals surface area (Å²) in [5.41, 5.74) is 0.771. The maximum atomic E-state index is 11.6. The summed E-state index contributed by atoms with van der Waals surface area (Å²) < 4.78 is 5.06. The van der Waals surface area contributed by atoms with Crippen molar-refractivity contribution in [1.29, 1.82) is 0 Å². The van der Waals surface area contributed by atoms with Crippen LogP contribution in [0.3, 0.4) is 0 Å². The van der Waals surface area contributed by atoms with Gasteiger partial charge in [0.25, 0.3) is 0 Å². The van der Waals surface area contributed by atoms with Crippen LogP contribution in [-0.4, -0.2) is 22.8 Å². The Kier molecular flexibility index (Phi) is 4.53. The summed E-state index contributed by atoms with van der Waals surface area (Å²) in [7, 11) is 0. The van der Waals surface area contributed by atoms with E-state index in [4.69, 9.17) is 4.74 Å². The summed E-state index contributed by atoms with van der Waals surface area (Å²) in [6.45, 7) is 7.01. The van der Waals surface area contributed by atoms with E-state index < -0.39 is 23.7 Å². The average Bonchev–Trinajstić information content (AvgIpc) is 2.23. The summed E-state index contributed by atoms with van der Waals surface area (Å²) >= 11 is 0. The Morgan fingerprint density at radius 1 is 1.32 bits per heavy atom. The van der Waals surface area contributed by atoms with Crippen molar-refractivity contribution in [3.8, 4) is 0 Å². The molecular formula is C14H19NO4. The minimum absolute atomic E-state index is 0.512. The molecule has 1 aromatic carbocycles. The number of carboxylic acid groups (broad SMARTS) is 1. The molecule has 0 saturated heterocycles. The van der Waals surface area contributed by atoms with Gasteiger partial charge in [-0.05, 0) is 33.3 Å². The fourth-order valence-corrected chi connectivity index (χ4v) is 1.56. The first-order chi connectivity index (χ1) is 8.69. The molecule has 104 valence electrons. The van der Waals surface area contributed by atoms with E-state index in [0.29, 0.717) is 5.56 Å². The van der Waals surface area contributed by atoms with Crippen LogP contribution in [0.2, 0.25) is 0 Å². The van der Waals surface area contributed by atoms with Crippen LogP contribution in [0.25, 0.3) is 0 Å². The van der Waals surface area contributed by atoms with Crippen LogP contribution in [-0.2, 0) is 9.53 Å². The summed E-state index contributed by atoms with van der Waals surface area (Å²) in [4.78, 5) is 22.9. The zero-order chi connectivity index (χ0) is 14.6. The number of hydrogen-bond donors (Lipinski definition) is 2. The van der Waals surface area contributed by atoms with Gasteiger partial charge in [0.2, 0.25) is 0 Å². The van der Waals surface area contributed by atoms with Crippen LogP contribution >= 0.6 is 0 Å². The number of rotatable bonds is 3. The molecule has 2 N–H and O–H groups in total. The normalized spacial score (nSPS) is 12.6. The number of amides is 1. The summed E-state index contributed by atoms with van der Waals surface area (Å²) in [6, 6.07) is 5.86. The first-order valence-electron chi connectivity index (χ1n) is 5.98. The van der Waals surface area contributed by atoms with Crippen molar-refractivity contribution >= 4 is 12.1 Å². The second kappa shape index (κ2) is 5.73. The number of carbonyl (C=O) groups is 2. The molecule has 0 saturated carbocycles. The van der Waals surface area contributed by atoms with E-state index in [9.17, 15) is 14.7 Å². The molecule has 1 rings (SSSR count). The first-order valence-corrected chi connectivity index (χ1v) is 5.98. The van der Waals surface area contributed by atoms with E-state index in [2.05, 4.69) is 5.32 Å². The van der Waals surface area contributed by atoms with Crippen LogP contribution in [0.5, 0.6) is 0 Å². The van der Waals surface area contributed by atoms with Crippen molar-refractivity contribution in [2.45, 2.75) is 39.3 Å². The number of carbonyl (C=O) groups excluding carboxylic acids is 1. The lowest BCUT2D eigenvalue weighted by Crippen LogP contribution is -2.38. The number of aliphatic carboxylic acids is 1. The third kappa shape index (κ3) is 4.99. The molecule has 5 nitrogen and oxygen atoms in total. The standard InChI is InChI=1S/C14H19NO4/c1-9-6-5-7-10(8-9)11(12(16)17)15-13(18)19-14(2,3)4/h5-8,11H,1-4H3,(H,15,18)(H,16,17). The zero-order valence-corrected chi connectivity index (χ0v) is 11.6. The number of benzene rings is 1. The van der Waals surface area contributed by atoms with Crippen LogP contribution in [0.1, 0.15) is 37.9 Å². The third-order valence-corrected chi connectivity index (χ3v) is 2.28. The van der Waals surface area contributed by atoms with E-state index in [1.165, 1.54) is 0 Å². The van der Waals surface area contributed by atoms with Gasteiger partial charge in [-0.25, -0.2) is 9.59 Å². The molecule has 0 aliphatic heterocycles. The first kappa shape index (κ1) is 15.0. The fourth-order valence-electron chi connectivity index (χ4n) is 1.56. The predicted molar refractivity (Wildman–Crippen MR) is 70.9 cm³/mol. The Morgan fingerprint density at radius 3 is 2.42 bits per heavy atom. The number of carboxylic acids is 1. The van der Waals surface area contributed by atoms with Gasteiger partial charge in [-0.2, -0.15) is 0 Å². The van der Waals surface area contributed by atoms with Crippen molar-refractivity contribution in [3.05, 3.63) is 35.4 Å². The SMILES string of the molecule is Cc1cccc(C(NC(=O)OC(C)(C)C)C(=O)O)c1. The van der Waals surface area contributed by atoms with Crippen LogP contribution in [0, 0.1) is 6.92 Å². The van der Waals surface area contributed by atoms with E-state index in [-0.39, 0.29) is 0 Å². The lowest BCUT2D eigenvalue weighted by atomic mass is 10.0. The van der Waals surface area contributed by atoms with Gasteiger partial charge in [-0.3, -0.25) is 0 Å². The van der Waals surface area contributed by atoms with Crippen molar-refractivity contribution < 1.29 is 19.4 Å². The minimum Gasteiger partial charge on any atom is -0.479 e. The number of aryl methyl sites for hydroxylation is 1. The molecule has 0 spiro atoms. The predicted octanol–water partition coefficient (Wildman–Crippen LogP) is 2.65. The van der Waals surface area contributed by atoms with Crippen molar-refractivity contribution in [1.82, 2.24) is 5.32 Å². The van der Waals surface area contributed by atoms with E-state index in [1.807, 2.05) is 13.0 Å². The molecule has 1 aromatic rings. The number of nitrogens with one attached hydrogen (secondary N) is 1. The van der Waals surface area contributed by atoms with Gasteiger partial charge in [-0.1, -0.05) is 29.8 Å². The van der Waals surface area contributed by atoms with Gasteiger partial charge in [-0.15, -0.1) is 0 Å². The molecule has 0 fully saturated rings. The fraction of sp³-hybridized carbons (Fsp3) is 0.429. The van der Waals surface area contributed by atoms with Gasteiger partial charge in [0, 0.05) is 0 Å². The highest BCUT2D eigenvalue weighted by molar-refractivity contribution is 5.81. The van der Waals surface area contributed by atoms with Crippen LogP contribution < -0.4 is 5.32 Å². The number of alkyl carbamates (subject to hydrolysis) is 1. The molecule has 0 aliphatic carbocycles. The monoisotopic (exact) mass is 265 g/mol. The van der Waals surface area contributed by atoms with Gasteiger partial charge >= 0.3 is 12.1 Å². The molecule has 1 unspecified atom stereocenters. The van der Waals surface area contributed by atoms with E-state index >= 15 is 0 Å². The molecule has 0 bridgehead atoms. The quantitative estimate of drug-likeness (QED) is 0.881. The van der Waals surface area contributed by atoms with Gasteiger partial charge in [0.1, 0.15) is 5.60 Å². The smallest absolute Gasteiger partial charge is 0.408 e. The van der Waals surface area contributed by atoms with Gasteiger partial charge in [0.15, 0.2) is 6.04 Å². The van der Waals surface area contributed by atoms with Crippen molar-refractivity contribution in [2.75, 3.05) is 0 Å². The van der Waals surface area contributed by atoms with Gasteiger partial charge < -0.3 is 15.2 Å². The summed E-state index contributed by atoms with van der Waals surface area (Å²) in [6.07, 6.45) is -0.749. The molecule has 1 amide bonds. The third-order valence-electron chi connectivity index (χ3n) is 2.28. The Hall–Kier alpha value is -2.04. The van der Waals surface area contributed by atoms with Crippen molar-refractivity contribution in [3.63, 3.8) is 0 Å². The largest absolute Gasteiger partial charge is 0.479 e. The molecule has 0 aromatic heterocycles. The highest BCUT2D eigenvalue weighted by atomic mass is 16.6. The molecular weight excluding hydrogens is 246 g/mol. The maximum absolute atomic E-state index is 11.6. The molecule has 5 heteroatoms. The second-order valence-corrected chi connectivity index (χ2v) is 5.33. The molecule has 1 atom stereocenters. The molecule has 0 aliphatic rings. The second-order valence-electron chi connectivity index (χ2n) is 5.33. The highest BCUT2D eigenvalue weighted by Crippen LogP contribution is 2.16.